The molecule has 5 nitrogen and oxygen atoms in total. The molecule has 21 heavy (non-hydrogen) atoms. The van der Waals surface area contributed by atoms with Crippen molar-refractivity contribution in [2.45, 2.75) is 19.0 Å². The number of hydrogen-bond acceptors (Lipinski definition) is 3. The van der Waals surface area contributed by atoms with Crippen LogP contribution in [-0.4, -0.2) is 26.7 Å². The zero-order chi connectivity index (χ0) is 15.2. The van der Waals surface area contributed by atoms with Gasteiger partial charge in [0.2, 0.25) is 0 Å². The number of benzene rings is 1. The van der Waals surface area contributed by atoms with Crippen LogP contribution in [0.3, 0.4) is 0 Å². The smallest absolute Gasteiger partial charge is 0.321 e. The van der Waals surface area contributed by atoms with E-state index in [1.54, 1.807) is 12.1 Å². The van der Waals surface area contributed by atoms with Gasteiger partial charge in [0.25, 0.3) is 8.18 Å². The Morgan fingerprint density at radius 3 is 2.48 bits per heavy atom. The lowest BCUT2D eigenvalue weighted by Gasteiger charge is -2.25. The molecule has 0 aliphatic rings. The minimum Gasteiger partial charge on any atom is -0.480 e. The van der Waals surface area contributed by atoms with E-state index in [2.05, 4.69) is 0 Å². The molecule has 1 aromatic heterocycles. The number of rotatable bonds is 7. The van der Waals surface area contributed by atoms with Crippen molar-refractivity contribution >= 4 is 25.5 Å². The number of carboxylic acids is 1. The van der Waals surface area contributed by atoms with E-state index in [1.165, 1.54) is 11.3 Å². The molecule has 1 aromatic carbocycles. The summed E-state index contributed by atoms with van der Waals surface area (Å²) in [6.07, 6.45) is 0.211. The molecule has 2 atom stereocenters. The topological polar surface area (TPSA) is 77.8 Å². The third kappa shape index (κ3) is 4.51. The molecule has 0 radical (unpaired) electrons. The summed E-state index contributed by atoms with van der Waals surface area (Å²) < 4.78 is 12.8. The Bertz CT molecular complexity index is 603. The van der Waals surface area contributed by atoms with E-state index in [-0.39, 0.29) is 13.0 Å². The second kappa shape index (κ2) is 7.52. The summed E-state index contributed by atoms with van der Waals surface area (Å²) in [5.41, 5.74) is 1.66. The summed E-state index contributed by atoms with van der Waals surface area (Å²) in [4.78, 5) is 21.0. The minimum atomic E-state index is -3.11. The minimum absolute atomic E-state index is 0.135. The Balaban J connectivity index is 2.20. The van der Waals surface area contributed by atoms with Crippen LogP contribution in [0.5, 0.6) is 0 Å². The maximum Gasteiger partial charge on any atom is 0.321 e. The van der Waals surface area contributed by atoms with Gasteiger partial charge in [0.1, 0.15) is 6.04 Å². The van der Waals surface area contributed by atoms with Gasteiger partial charge in [0.15, 0.2) is 0 Å². The third-order valence-corrected chi connectivity index (χ3v) is 4.81. The van der Waals surface area contributed by atoms with Crippen LogP contribution >= 0.6 is 19.5 Å². The average Bonchev–Trinajstić information content (AvgIpc) is 2.96. The average molecular weight is 325 g/mol. The lowest BCUT2D eigenvalue weighted by molar-refractivity contribution is -0.141. The van der Waals surface area contributed by atoms with Crippen LogP contribution < -0.4 is 0 Å². The van der Waals surface area contributed by atoms with Gasteiger partial charge in [-0.15, -0.1) is 0 Å². The van der Waals surface area contributed by atoms with Gasteiger partial charge in [-0.3, -0.25) is 9.36 Å². The third-order valence-electron chi connectivity index (χ3n) is 3.11. The van der Waals surface area contributed by atoms with E-state index in [4.69, 9.17) is 0 Å². The van der Waals surface area contributed by atoms with Gasteiger partial charge >= 0.3 is 5.97 Å². The Kier molecular flexibility index (Phi) is 5.70. The lowest BCUT2D eigenvalue weighted by Crippen LogP contribution is -2.38. The first kappa shape index (κ1) is 15.9. The maximum absolute atomic E-state index is 11.6. The Morgan fingerprint density at radius 1 is 1.24 bits per heavy atom. The Morgan fingerprint density at radius 2 is 1.95 bits per heavy atom. The van der Waals surface area contributed by atoms with Gasteiger partial charge in [-0.05, 0) is 34.4 Å². The normalized spacial score (nSPS) is 14.0. The summed E-state index contributed by atoms with van der Waals surface area (Å²) in [6.45, 7) is 0.135. The molecular formula is C14H16NO4PS. The van der Waals surface area contributed by atoms with E-state index >= 15 is 0 Å². The highest BCUT2D eigenvalue weighted by molar-refractivity contribution is 7.35. The SMILES string of the molecule is O=C(O)C(Cc1ccsc1)N(Cc1ccccc1)[PH](=O)O. The lowest BCUT2D eigenvalue weighted by atomic mass is 10.1. The van der Waals surface area contributed by atoms with Crippen molar-refractivity contribution in [1.82, 2.24) is 4.67 Å². The molecule has 7 heteroatoms. The summed E-state index contributed by atoms with van der Waals surface area (Å²) in [5, 5.41) is 13.1. The number of carboxylic acid groups (broad SMARTS) is 1. The van der Waals surface area contributed by atoms with Crippen molar-refractivity contribution in [2.75, 3.05) is 0 Å². The molecule has 112 valence electrons. The Hall–Kier alpha value is -1.46. The standard InChI is InChI=1S/C14H16NO4PS/c16-14(17)13(8-12-6-7-21-10-12)15(20(18)19)9-11-4-2-1-3-5-11/h1-7,10,13,20H,8-9H2,(H,16,17)(H,18,19). The van der Waals surface area contributed by atoms with Crippen molar-refractivity contribution in [3.8, 4) is 0 Å². The van der Waals surface area contributed by atoms with Crippen LogP contribution in [0.2, 0.25) is 0 Å². The Labute approximate surface area is 127 Å². The summed E-state index contributed by atoms with van der Waals surface area (Å²) in [6, 6.07) is 9.90. The van der Waals surface area contributed by atoms with Gasteiger partial charge in [-0.1, -0.05) is 30.3 Å². The molecule has 0 fully saturated rings. The predicted molar refractivity (Wildman–Crippen MR) is 82.7 cm³/mol. The number of carbonyl (C=O) groups is 1. The quantitative estimate of drug-likeness (QED) is 0.765. The van der Waals surface area contributed by atoms with Crippen LogP contribution in [0.4, 0.5) is 0 Å². The van der Waals surface area contributed by atoms with Crippen LogP contribution in [0, 0.1) is 0 Å². The predicted octanol–water partition coefficient (Wildman–Crippen LogP) is 2.63. The molecule has 0 spiro atoms. The fourth-order valence-corrected chi connectivity index (χ4v) is 3.52. The summed E-state index contributed by atoms with van der Waals surface area (Å²) in [5.74, 6) is -1.09. The largest absolute Gasteiger partial charge is 0.480 e. The summed E-state index contributed by atoms with van der Waals surface area (Å²) >= 11 is 1.47. The molecule has 0 bridgehead atoms. The van der Waals surface area contributed by atoms with E-state index < -0.39 is 20.2 Å². The molecule has 2 unspecified atom stereocenters. The fourth-order valence-electron chi connectivity index (χ4n) is 2.05. The molecule has 1 heterocycles. The first-order valence-corrected chi connectivity index (χ1v) is 8.60. The number of nitrogens with zero attached hydrogens (tertiary/aromatic N) is 1. The zero-order valence-electron chi connectivity index (χ0n) is 11.2. The second-order valence-corrected chi connectivity index (χ2v) is 6.51. The van der Waals surface area contributed by atoms with E-state index in [1.807, 2.05) is 35.0 Å². The van der Waals surface area contributed by atoms with Crippen LogP contribution in [0.15, 0.2) is 47.2 Å². The monoisotopic (exact) mass is 325 g/mol. The molecule has 2 aromatic rings. The van der Waals surface area contributed by atoms with Gasteiger partial charge < -0.3 is 10.00 Å². The summed E-state index contributed by atoms with van der Waals surface area (Å²) in [7, 11) is -3.11. The number of aliphatic carboxylic acids is 1. The molecule has 2 rings (SSSR count). The van der Waals surface area contributed by atoms with Gasteiger partial charge in [0.05, 0.1) is 0 Å². The molecule has 0 aliphatic heterocycles. The number of hydrogen-bond donors (Lipinski definition) is 2. The van der Waals surface area contributed by atoms with Crippen molar-refractivity contribution in [2.24, 2.45) is 0 Å². The maximum atomic E-state index is 11.6. The van der Waals surface area contributed by atoms with Crippen molar-refractivity contribution in [1.29, 1.82) is 0 Å². The van der Waals surface area contributed by atoms with E-state index in [0.717, 1.165) is 15.8 Å². The van der Waals surface area contributed by atoms with Gasteiger partial charge in [-0.25, -0.2) is 4.67 Å². The highest BCUT2D eigenvalue weighted by Crippen LogP contribution is 2.29. The zero-order valence-corrected chi connectivity index (χ0v) is 13.0. The molecule has 0 amide bonds. The molecular weight excluding hydrogens is 309 g/mol. The van der Waals surface area contributed by atoms with Crippen molar-refractivity contribution in [3.63, 3.8) is 0 Å². The molecule has 0 saturated carbocycles. The molecule has 0 aliphatic carbocycles. The second-order valence-electron chi connectivity index (χ2n) is 4.59. The van der Waals surface area contributed by atoms with Gasteiger partial charge in [0, 0.05) is 6.54 Å². The highest BCUT2D eigenvalue weighted by atomic mass is 32.1. The van der Waals surface area contributed by atoms with Crippen molar-refractivity contribution < 1.29 is 19.4 Å². The first-order chi connectivity index (χ1) is 10.1. The highest BCUT2D eigenvalue weighted by Gasteiger charge is 2.29. The van der Waals surface area contributed by atoms with E-state index in [0.29, 0.717) is 0 Å². The first-order valence-electron chi connectivity index (χ1n) is 6.35. The molecule has 2 N–H and O–H groups in total. The van der Waals surface area contributed by atoms with Crippen LogP contribution in [0.25, 0.3) is 0 Å². The van der Waals surface area contributed by atoms with Crippen LogP contribution in [0.1, 0.15) is 11.1 Å². The van der Waals surface area contributed by atoms with Crippen molar-refractivity contribution in [3.05, 3.63) is 58.3 Å². The van der Waals surface area contributed by atoms with E-state index in [9.17, 15) is 19.4 Å². The fraction of sp³-hybridized carbons (Fsp3) is 0.214. The molecule has 0 saturated heterocycles. The van der Waals surface area contributed by atoms with Crippen LogP contribution in [-0.2, 0) is 22.3 Å². The van der Waals surface area contributed by atoms with Gasteiger partial charge in [-0.2, -0.15) is 11.3 Å². The number of thiophene rings is 1.